The van der Waals surface area contributed by atoms with Gasteiger partial charge in [0.2, 0.25) is 23.7 Å². The Morgan fingerprint density at radius 1 is 0.762 bits per heavy atom. The van der Waals surface area contributed by atoms with Crippen molar-refractivity contribution in [3.05, 3.63) is 82.5 Å². The monoisotopic (exact) mass is 861 g/mol. The van der Waals surface area contributed by atoms with E-state index in [2.05, 4.69) is 25.7 Å². The van der Waals surface area contributed by atoms with Crippen molar-refractivity contribution >= 4 is 57.6 Å². The van der Waals surface area contributed by atoms with Crippen molar-refractivity contribution < 1.29 is 33.4 Å². The molecule has 6 N–H and O–H groups in total. The van der Waals surface area contributed by atoms with Crippen LogP contribution in [0, 0.1) is 19.3 Å². The predicted octanol–water partition coefficient (Wildman–Crippen LogP) is 3.50. The number of anilines is 2. The van der Waals surface area contributed by atoms with Crippen LogP contribution in [-0.4, -0.2) is 114 Å². The van der Waals surface area contributed by atoms with Crippen LogP contribution in [0.3, 0.4) is 0 Å². The minimum absolute atomic E-state index is 0.173. The zero-order valence-electron chi connectivity index (χ0n) is 35.9. The molecule has 2 aliphatic heterocycles. The summed E-state index contributed by atoms with van der Waals surface area (Å²) in [6.45, 7) is 13.5. The number of carbonyl (C=O) groups is 4. The average Bonchev–Trinajstić information content (AvgIpc) is 3.99. The Morgan fingerprint density at radius 3 is 1.70 bits per heavy atom. The van der Waals surface area contributed by atoms with Gasteiger partial charge in [-0.15, -0.1) is 0 Å². The number of nitrogens with two attached hydrogens (primary N) is 2. The van der Waals surface area contributed by atoms with E-state index in [0.717, 1.165) is 39.3 Å². The van der Waals surface area contributed by atoms with Crippen molar-refractivity contribution in [2.75, 3.05) is 57.2 Å². The molecule has 4 aromatic heterocycles. The van der Waals surface area contributed by atoms with Crippen molar-refractivity contribution in [3.8, 4) is 11.5 Å². The van der Waals surface area contributed by atoms with E-state index in [1.807, 2.05) is 32.9 Å². The second-order valence-corrected chi connectivity index (χ2v) is 16.0. The van der Waals surface area contributed by atoms with Crippen LogP contribution >= 0.6 is 0 Å². The number of aromatic nitrogens is 8. The van der Waals surface area contributed by atoms with Crippen molar-refractivity contribution in [3.63, 3.8) is 0 Å². The Kier molecular flexibility index (Phi) is 11.7. The summed E-state index contributed by atoms with van der Waals surface area (Å²) in [5, 5.41) is 14.7. The normalized spacial score (nSPS) is 14.6. The van der Waals surface area contributed by atoms with Crippen LogP contribution in [0.25, 0.3) is 22.1 Å². The number of likely N-dealkylation sites (tertiary alicyclic amines) is 1. The number of hydrogen-bond acceptors (Lipinski definition) is 12. The maximum Gasteiger partial charge on any atom is 0.276 e. The van der Waals surface area contributed by atoms with Crippen molar-refractivity contribution in [1.82, 2.24) is 43.6 Å². The molecular formula is C43H51N13O7. The quantitative estimate of drug-likeness (QED) is 0.0717. The molecule has 8 rings (SSSR count). The first kappa shape index (κ1) is 42.6. The fraction of sp³-hybridized carbons (Fsp3) is 0.395. The number of nitrogens with one attached hydrogen (secondary N) is 2. The number of fused-ring (bicyclic) bond motifs is 2. The first-order valence-electron chi connectivity index (χ1n) is 20.8. The zero-order chi connectivity index (χ0) is 44.6. The lowest BCUT2D eigenvalue weighted by Crippen LogP contribution is -2.65. The van der Waals surface area contributed by atoms with Crippen LogP contribution in [0.15, 0.2) is 48.6 Å². The molecule has 1 spiro atoms. The SMILES string of the molecule is CCn1nc(C)cc1C(=O)Nc1nc2cc(C(N)=O)cc(OC)c2n1C/C=C/Cn1c(NC(=O)c2cc(C)nn2CC)nc2cc(C(N)=O)cc(OCCCN3CC4(COC4)C3)c21. The summed E-state index contributed by atoms with van der Waals surface area (Å²) in [4.78, 5) is 64.2. The number of rotatable bonds is 18. The number of amides is 4. The average molecular weight is 862 g/mol. The Labute approximate surface area is 362 Å². The third-order valence-electron chi connectivity index (χ3n) is 11.3. The topological polar surface area (TPSA) is 247 Å². The number of ether oxygens (including phenoxy) is 3. The fourth-order valence-electron chi connectivity index (χ4n) is 8.29. The fourth-order valence-corrected chi connectivity index (χ4v) is 8.29. The van der Waals surface area contributed by atoms with Gasteiger partial charge in [0.15, 0.2) is 0 Å². The number of primary amides is 2. The molecule has 0 unspecified atom stereocenters. The molecule has 0 bridgehead atoms. The number of methoxy groups -OCH3 is 1. The molecule has 330 valence electrons. The smallest absolute Gasteiger partial charge is 0.276 e. The number of carbonyl (C=O) groups excluding carboxylic acids is 4. The molecule has 6 heterocycles. The van der Waals surface area contributed by atoms with E-state index < -0.39 is 23.6 Å². The summed E-state index contributed by atoms with van der Waals surface area (Å²) in [6.07, 6.45) is 4.46. The van der Waals surface area contributed by atoms with Gasteiger partial charge in [0, 0.05) is 62.4 Å². The molecule has 0 radical (unpaired) electrons. The van der Waals surface area contributed by atoms with Gasteiger partial charge < -0.3 is 39.7 Å². The van der Waals surface area contributed by atoms with Crippen molar-refractivity contribution in [1.29, 1.82) is 0 Å². The third kappa shape index (κ3) is 8.46. The van der Waals surface area contributed by atoms with Crippen LogP contribution in [-0.2, 0) is 30.9 Å². The molecule has 0 saturated carbocycles. The highest BCUT2D eigenvalue weighted by Crippen LogP contribution is 2.38. The van der Waals surface area contributed by atoms with E-state index in [1.165, 1.54) is 13.2 Å². The largest absolute Gasteiger partial charge is 0.494 e. The van der Waals surface area contributed by atoms with Gasteiger partial charge in [0.1, 0.15) is 33.9 Å². The van der Waals surface area contributed by atoms with Gasteiger partial charge in [-0.2, -0.15) is 10.2 Å². The van der Waals surface area contributed by atoms with Gasteiger partial charge in [0.05, 0.1) is 49.4 Å². The molecule has 63 heavy (non-hydrogen) atoms. The molecule has 4 amide bonds. The lowest BCUT2D eigenvalue weighted by molar-refractivity contribution is -0.189. The number of nitrogens with zero attached hydrogens (tertiary/aromatic N) is 9. The maximum absolute atomic E-state index is 13.8. The van der Waals surface area contributed by atoms with Crippen LogP contribution < -0.4 is 31.6 Å². The third-order valence-corrected chi connectivity index (χ3v) is 11.3. The first-order valence-corrected chi connectivity index (χ1v) is 20.8. The highest BCUT2D eigenvalue weighted by molar-refractivity contribution is 6.05. The van der Waals surface area contributed by atoms with Gasteiger partial charge >= 0.3 is 0 Å². The second-order valence-electron chi connectivity index (χ2n) is 16.0. The molecule has 0 atom stereocenters. The van der Waals surface area contributed by atoms with Crippen LogP contribution in [0.5, 0.6) is 11.5 Å². The minimum atomic E-state index is -0.665. The van der Waals surface area contributed by atoms with Crippen LogP contribution in [0.1, 0.15) is 73.3 Å². The molecule has 2 aliphatic rings. The summed E-state index contributed by atoms with van der Waals surface area (Å²) < 4.78 is 24.3. The molecule has 2 fully saturated rings. The van der Waals surface area contributed by atoms with Crippen molar-refractivity contribution in [2.24, 2.45) is 16.9 Å². The molecule has 2 aromatic carbocycles. The Hall–Kier alpha value is -7.06. The van der Waals surface area contributed by atoms with Crippen LogP contribution in [0.2, 0.25) is 0 Å². The first-order chi connectivity index (χ1) is 30.3. The molecule has 6 aromatic rings. The van der Waals surface area contributed by atoms with E-state index in [-0.39, 0.29) is 36.1 Å². The van der Waals surface area contributed by atoms with Gasteiger partial charge in [-0.25, -0.2) is 9.97 Å². The number of aryl methyl sites for hydroxylation is 4. The molecule has 20 heteroatoms. The van der Waals surface area contributed by atoms with Crippen LogP contribution in [0.4, 0.5) is 11.9 Å². The summed E-state index contributed by atoms with van der Waals surface area (Å²) in [5.74, 6) is -1.08. The highest BCUT2D eigenvalue weighted by atomic mass is 16.5. The van der Waals surface area contributed by atoms with Gasteiger partial charge in [-0.05, 0) is 70.5 Å². The van der Waals surface area contributed by atoms with Crippen molar-refractivity contribution in [2.45, 2.75) is 60.3 Å². The number of imidazole rings is 2. The standard InChI is InChI=1S/C43H51N13O7/c1-6-55-31(15-25(3)50-55)39(59)48-41-46-29-17-27(37(44)57)19-33(61-5)35(29)53(41)12-8-9-13-54-36-30(47-42(54)49-40(60)32-16-26(4)51-56(32)7-2)18-28(38(45)58)20-34(36)63-14-10-11-52-21-43(22-52)23-62-24-43/h8-9,15-20H,6-7,10-14,21-24H2,1-5H3,(H2,44,57)(H2,45,58)(H,46,48,59)(H,47,49,60)/b9-8+. The number of allylic oxidation sites excluding steroid dienone is 2. The summed E-state index contributed by atoms with van der Waals surface area (Å²) in [5.41, 5.74) is 16.0. The maximum atomic E-state index is 13.8. The molecule has 20 nitrogen and oxygen atoms in total. The van der Waals surface area contributed by atoms with Gasteiger partial charge in [-0.3, -0.25) is 39.2 Å². The van der Waals surface area contributed by atoms with Gasteiger partial charge in [-0.1, -0.05) is 12.2 Å². The zero-order valence-corrected chi connectivity index (χ0v) is 35.9. The number of benzene rings is 2. The Bertz CT molecular complexity index is 2780. The number of hydrogen-bond donors (Lipinski definition) is 4. The highest BCUT2D eigenvalue weighted by Gasteiger charge is 2.48. The Morgan fingerprint density at radius 2 is 1.25 bits per heavy atom. The van der Waals surface area contributed by atoms with E-state index in [4.69, 9.17) is 35.6 Å². The van der Waals surface area contributed by atoms with E-state index in [1.54, 1.807) is 55.8 Å². The molecule has 0 aliphatic carbocycles. The lowest BCUT2D eigenvalue weighted by Gasteiger charge is -2.55. The second kappa shape index (κ2) is 17.4. The summed E-state index contributed by atoms with van der Waals surface area (Å²) in [6, 6.07) is 9.64. The van der Waals surface area contributed by atoms with E-state index in [0.29, 0.717) is 81.5 Å². The van der Waals surface area contributed by atoms with Gasteiger partial charge in [0.25, 0.3) is 11.8 Å². The van der Waals surface area contributed by atoms with E-state index >= 15 is 0 Å². The Balaban J connectivity index is 1.13. The summed E-state index contributed by atoms with van der Waals surface area (Å²) >= 11 is 0. The molecular weight excluding hydrogens is 811 g/mol. The molecule has 2 saturated heterocycles. The summed E-state index contributed by atoms with van der Waals surface area (Å²) in [7, 11) is 1.47. The minimum Gasteiger partial charge on any atom is -0.494 e. The van der Waals surface area contributed by atoms with E-state index in [9.17, 15) is 19.2 Å². The predicted molar refractivity (Wildman–Crippen MR) is 233 cm³/mol. The lowest BCUT2D eigenvalue weighted by atomic mass is 9.78.